The molecule has 2 aromatic rings. The topological polar surface area (TPSA) is 167 Å². The number of rotatable bonds is 11. The number of pyridine rings is 1. The van der Waals surface area contributed by atoms with Gasteiger partial charge in [0.2, 0.25) is 0 Å². The molecule has 0 aliphatic heterocycles. The number of carbonyl (C=O) groups excluding carboxylic acids is 2. The average molecular weight is 487 g/mol. The Bertz CT molecular complexity index is 1080. The lowest BCUT2D eigenvalue weighted by Gasteiger charge is -2.23. The zero-order valence-electron chi connectivity index (χ0n) is 20.1. The number of halogens is 1. The normalized spacial score (nSPS) is 12.0. The summed E-state index contributed by atoms with van der Waals surface area (Å²) in [4.78, 5) is 28.1. The van der Waals surface area contributed by atoms with Gasteiger partial charge in [0.25, 0.3) is 5.91 Å². The van der Waals surface area contributed by atoms with Crippen LogP contribution in [0.4, 0.5) is 32.2 Å². The Labute approximate surface area is 203 Å². The molecule has 1 aromatic carbocycles. The van der Waals surface area contributed by atoms with Gasteiger partial charge in [-0.05, 0) is 51.5 Å². The molecule has 2 amide bonds. The van der Waals surface area contributed by atoms with E-state index in [2.05, 4.69) is 31.5 Å². The van der Waals surface area contributed by atoms with Crippen LogP contribution in [0, 0.1) is 11.2 Å². The fourth-order valence-electron chi connectivity index (χ4n) is 2.84. The zero-order valence-corrected chi connectivity index (χ0v) is 20.1. The first-order valence-electron chi connectivity index (χ1n) is 10.9. The van der Waals surface area contributed by atoms with Crippen LogP contribution >= 0.6 is 0 Å². The second-order valence-electron chi connectivity index (χ2n) is 8.47. The van der Waals surface area contributed by atoms with Crippen molar-refractivity contribution >= 4 is 47.4 Å². The number of amides is 2. The molecule has 0 bridgehead atoms. The Hall–Kier alpha value is -4.22. The van der Waals surface area contributed by atoms with E-state index in [9.17, 15) is 14.0 Å². The fourth-order valence-corrected chi connectivity index (χ4v) is 2.84. The van der Waals surface area contributed by atoms with Crippen LogP contribution in [0.15, 0.2) is 35.4 Å². The molecule has 7 N–H and O–H groups in total. The van der Waals surface area contributed by atoms with Crippen LogP contribution < -0.4 is 27.1 Å². The highest BCUT2D eigenvalue weighted by Gasteiger charge is 2.20. The zero-order chi connectivity index (χ0) is 26.0. The van der Waals surface area contributed by atoms with Crippen molar-refractivity contribution in [3.05, 3.63) is 41.7 Å². The van der Waals surface area contributed by atoms with Crippen molar-refractivity contribution in [1.29, 1.82) is 5.41 Å². The lowest BCUT2D eigenvalue weighted by Crippen LogP contribution is -2.39. The van der Waals surface area contributed by atoms with Gasteiger partial charge in [0.15, 0.2) is 11.6 Å². The van der Waals surface area contributed by atoms with Gasteiger partial charge in [-0.1, -0.05) is 13.0 Å². The number of benzene rings is 1. The third-order valence-electron chi connectivity index (χ3n) is 4.43. The van der Waals surface area contributed by atoms with Gasteiger partial charge in [0.1, 0.15) is 11.4 Å². The molecule has 0 radical (unpaired) electrons. The van der Waals surface area contributed by atoms with Gasteiger partial charge in [0, 0.05) is 24.5 Å². The Morgan fingerprint density at radius 2 is 1.97 bits per heavy atom. The molecule has 35 heavy (non-hydrogen) atoms. The number of hydrogen-bond donors (Lipinski definition) is 6. The molecule has 0 saturated carbocycles. The number of nitrogens with two attached hydrogens (primary N) is 1. The Morgan fingerprint density at radius 3 is 2.60 bits per heavy atom. The number of nitrogens with zero attached hydrogens (tertiary/aromatic N) is 2. The number of carbonyl (C=O) groups is 2. The van der Waals surface area contributed by atoms with Crippen LogP contribution in [0.3, 0.4) is 0 Å². The Morgan fingerprint density at radius 1 is 1.26 bits per heavy atom. The molecule has 2 rings (SSSR count). The van der Waals surface area contributed by atoms with Crippen LogP contribution in [0.25, 0.3) is 0 Å². The summed E-state index contributed by atoms with van der Waals surface area (Å²) in [5, 5.41) is 19.4. The predicted octanol–water partition coefficient (Wildman–Crippen LogP) is 3.83. The standard InChI is InChI=1S/C23H31FN8O3/c1-5-14(13-27-22(34)35-23(2,3)4)29-21-18(24)12-17(19(26)33)20(31-21)30-15-7-6-8-16(11-15)32-28-10-9-25/h6-12,14,25,32H,5,13H2,1-4H3,(H2,26,33)(H,27,34)(H2,29,30,31)/b25-9?,28-10-/t14-/m1/s1. The number of ether oxygens (including phenoxy) is 1. The monoisotopic (exact) mass is 486 g/mol. The molecule has 0 fully saturated rings. The summed E-state index contributed by atoms with van der Waals surface area (Å²) in [7, 11) is 0. The maximum atomic E-state index is 14.8. The number of aromatic nitrogens is 1. The van der Waals surface area contributed by atoms with Gasteiger partial charge in [0.05, 0.1) is 17.5 Å². The quantitative estimate of drug-likeness (QED) is 0.207. The van der Waals surface area contributed by atoms with Crippen molar-refractivity contribution in [2.45, 2.75) is 45.8 Å². The summed E-state index contributed by atoms with van der Waals surface area (Å²) in [6.07, 6.45) is 2.25. The van der Waals surface area contributed by atoms with E-state index in [0.29, 0.717) is 17.8 Å². The number of hydrogen-bond acceptors (Lipinski definition) is 9. The maximum Gasteiger partial charge on any atom is 0.407 e. The van der Waals surface area contributed by atoms with Crippen LogP contribution in [0.5, 0.6) is 0 Å². The summed E-state index contributed by atoms with van der Waals surface area (Å²) < 4.78 is 20.0. The highest BCUT2D eigenvalue weighted by Crippen LogP contribution is 2.25. The lowest BCUT2D eigenvalue weighted by atomic mass is 10.2. The van der Waals surface area contributed by atoms with Crippen molar-refractivity contribution < 1.29 is 18.7 Å². The van der Waals surface area contributed by atoms with Crippen molar-refractivity contribution in [3.63, 3.8) is 0 Å². The van der Waals surface area contributed by atoms with E-state index in [1.807, 2.05) is 6.92 Å². The molecule has 1 aromatic heterocycles. The van der Waals surface area contributed by atoms with E-state index >= 15 is 0 Å². The molecule has 1 atom stereocenters. The minimum absolute atomic E-state index is 0.0523. The van der Waals surface area contributed by atoms with Gasteiger partial charge in [-0.15, -0.1) is 0 Å². The van der Waals surface area contributed by atoms with Crippen LogP contribution in [-0.2, 0) is 4.74 Å². The van der Waals surface area contributed by atoms with E-state index in [0.717, 1.165) is 12.3 Å². The Balaban J connectivity index is 2.23. The molecule has 188 valence electrons. The first-order chi connectivity index (χ1) is 16.5. The number of primary amides is 1. The second kappa shape index (κ2) is 12.3. The van der Waals surface area contributed by atoms with Crippen LogP contribution in [0.2, 0.25) is 0 Å². The number of nitrogens with one attached hydrogen (secondary N) is 5. The third-order valence-corrected chi connectivity index (χ3v) is 4.43. The third kappa shape index (κ3) is 8.91. The van der Waals surface area contributed by atoms with Crippen LogP contribution in [-0.4, -0.2) is 47.6 Å². The summed E-state index contributed by atoms with van der Waals surface area (Å²) in [6.45, 7) is 7.29. The first-order valence-corrected chi connectivity index (χ1v) is 10.9. The van der Waals surface area contributed by atoms with Gasteiger partial charge in [-0.25, -0.2) is 14.2 Å². The largest absolute Gasteiger partial charge is 0.444 e. The van der Waals surface area contributed by atoms with Crippen LogP contribution in [0.1, 0.15) is 44.5 Å². The van der Waals surface area contributed by atoms with E-state index in [-0.39, 0.29) is 29.8 Å². The molecule has 0 spiro atoms. The summed E-state index contributed by atoms with van der Waals surface area (Å²) in [6, 6.07) is 7.52. The smallest absolute Gasteiger partial charge is 0.407 e. The molecule has 0 aliphatic rings. The average Bonchev–Trinajstić information content (AvgIpc) is 2.77. The summed E-state index contributed by atoms with van der Waals surface area (Å²) in [5.74, 6) is -1.68. The molecule has 0 saturated heterocycles. The second-order valence-corrected chi connectivity index (χ2v) is 8.47. The Kier molecular flexibility index (Phi) is 9.50. The first kappa shape index (κ1) is 27.0. The highest BCUT2D eigenvalue weighted by molar-refractivity contribution is 6.14. The van der Waals surface area contributed by atoms with Gasteiger partial charge < -0.3 is 31.8 Å². The van der Waals surface area contributed by atoms with E-state index in [1.54, 1.807) is 45.0 Å². The molecule has 0 aliphatic carbocycles. The SMILES string of the molecule is CC[C@H](CNC(=O)OC(C)(C)C)Nc1nc(Nc2cccc(N/N=C\C=N)c2)c(C(N)=O)cc1F. The van der Waals surface area contributed by atoms with Gasteiger partial charge >= 0.3 is 6.09 Å². The van der Waals surface area contributed by atoms with Crippen molar-refractivity contribution in [1.82, 2.24) is 10.3 Å². The molecule has 12 heteroatoms. The van der Waals surface area contributed by atoms with Crippen molar-refractivity contribution in [3.8, 4) is 0 Å². The van der Waals surface area contributed by atoms with E-state index < -0.39 is 23.4 Å². The molecule has 0 unspecified atom stereocenters. The van der Waals surface area contributed by atoms with Crippen molar-refractivity contribution in [2.75, 3.05) is 22.6 Å². The van der Waals surface area contributed by atoms with Gasteiger partial charge in [-0.3, -0.25) is 10.2 Å². The maximum absolute atomic E-state index is 14.8. The summed E-state index contributed by atoms with van der Waals surface area (Å²) in [5.41, 5.74) is 8.55. The predicted molar refractivity (Wildman–Crippen MR) is 135 cm³/mol. The molecular formula is C23H31FN8O3. The van der Waals surface area contributed by atoms with Crippen molar-refractivity contribution in [2.24, 2.45) is 10.8 Å². The van der Waals surface area contributed by atoms with E-state index in [1.165, 1.54) is 6.21 Å². The highest BCUT2D eigenvalue weighted by atomic mass is 19.1. The fraction of sp³-hybridized carbons (Fsp3) is 0.348. The van der Waals surface area contributed by atoms with Gasteiger partial charge in [-0.2, -0.15) is 5.10 Å². The van der Waals surface area contributed by atoms with E-state index in [4.69, 9.17) is 15.9 Å². The number of anilines is 4. The number of hydrazone groups is 1. The minimum Gasteiger partial charge on any atom is -0.444 e. The molecule has 11 nitrogen and oxygen atoms in total. The summed E-state index contributed by atoms with van der Waals surface area (Å²) >= 11 is 0. The minimum atomic E-state index is -0.853. The lowest BCUT2D eigenvalue weighted by molar-refractivity contribution is 0.0525. The molecular weight excluding hydrogens is 455 g/mol. The molecule has 1 heterocycles. The number of alkyl carbamates (subject to hydrolysis) is 1.